The van der Waals surface area contributed by atoms with Gasteiger partial charge in [-0.25, -0.2) is 4.39 Å². The van der Waals surface area contributed by atoms with E-state index in [2.05, 4.69) is 0 Å². The van der Waals surface area contributed by atoms with Crippen LogP contribution in [0.4, 0.5) is 4.39 Å². The standard InChI is InChI=1S/C23H20Cl2FNO4/c1-11-19(14(23(30)31)9-12-3-2-4-12)20-17(7-8-18(28)21(20)26)27(11)22(29)13-5-6-15(24)16(25)10-13/h5-8,10,12,14,28H,2-4,9H2,1H3,(H,30,31)/t14-/m0/s1. The van der Waals surface area contributed by atoms with Crippen LogP contribution in [0.3, 0.4) is 0 Å². The second-order valence-electron chi connectivity index (χ2n) is 7.98. The Bertz CT molecular complexity index is 1220. The maximum Gasteiger partial charge on any atom is 0.311 e. The first-order valence-corrected chi connectivity index (χ1v) is 10.7. The van der Waals surface area contributed by atoms with Crippen molar-refractivity contribution < 1.29 is 24.2 Å². The molecule has 2 N–H and O–H groups in total. The number of benzene rings is 2. The Kier molecular flexibility index (Phi) is 5.71. The summed E-state index contributed by atoms with van der Waals surface area (Å²) in [5.41, 5.74) is 0.956. The summed E-state index contributed by atoms with van der Waals surface area (Å²) in [4.78, 5) is 25.6. The molecule has 1 atom stereocenters. The van der Waals surface area contributed by atoms with Gasteiger partial charge in [-0.1, -0.05) is 42.5 Å². The molecule has 0 unspecified atom stereocenters. The van der Waals surface area contributed by atoms with E-state index in [9.17, 15) is 19.8 Å². The quantitative estimate of drug-likeness (QED) is 0.475. The fourth-order valence-electron chi connectivity index (χ4n) is 4.33. The molecule has 5 nitrogen and oxygen atoms in total. The molecule has 1 aromatic heterocycles. The van der Waals surface area contributed by atoms with E-state index in [1.165, 1.54) is 28.8 Å². The number of fused-ring (bicyclic) bond motifs is 1. The van der Waals surface area contributed by atoms with E-state index in [-0.39, 0.29) is 38.0 Å². The molecule has 4 rings (SSSR count). The molecule has 0 spiro atoms. The normalized spacial score (nSPS) is 15.1. The molecule has 0 amide bonds. The van der Waals surface area contributed by atoms with Crippen LogP contribution in [0.15, 0.2) is 30.3 Å². The van der Waals surface area contributed by atoms with Gasteiger partial charge < -0.3 is 10.2 Å². The summed E-state index contributed by atoms with van der Waals surface area (Å²) < 4.78 is 16.4. The lowest BCUT2D eigenvalue weighted by molar-refractivity contribution is -0.139. The third-order valence-corrected chi connectivity index (χ3v) is 6.88. The summed E-state index contributed by atoms with van der Waals surface area (Å²) in [6.45, 7) is 1.60. The zero-order valence-corrected chi connectivity index (χ0v) is 18.2. The number of rotatable bonds is 5. The molecule has 162 valence electrons. The van der Waals surface area contributed by atoms with Crippen LogP contribution in [0.5, 0.6) is 5.75 Å². The lowest BCUT2D eigenvalue weighted by Gasteiger charge is -2.28. The predicted octanol–water partition coefficient (Wildman–Crippen LogP) is 6.15. The van der Waals surface area contributed by atoms with Crippen LogP contribution in [0, 0.1) is 18.7 Å². The van der Waals surface area contributed by atoms with Gasteiger partial charge in [-0.15, -0.1) is 0 Å². The molecule has 0 bridgehead atoms. The third-order valence-electron chi connectivity index (χ3n) is 6.15. The minimum atomic E-state index is -1.08. The van der Waals surface area contributed by atoms with E-state index < -0.39 is 29.4 Å². The summed E-state index contributed by atoms with van der Waals surface area (Å²) >= 11 is 12.0. The Morgan fingerprint density at radius 3 is 2.48 bits per heavy atom. The zero-order valence-electron chi connectivity index (χ0n) is 16.7. The Hall–Kier alpha value is -2.57. The van der Waals surface area contributed by atoms with Crippen LogP contribution < -0.4 is 0 Å². The highest BCUT2D eigenvalue weighted by atomic mass is 35.5. The molecule has 3 aromatic rings. The van der Waals surface area contributed by atoms with E-state index in [1.54, 1.807) is 6.92 Å². The average Bonchev–Trinajstić information content (AvgIpc) is 2.98. The zero-order chi connectivity index (χ0) is 22.4. The largest absolute Gasteiger partial charge is 0.505 e. The van der Waals surface area contributed by atoms with Crippen molar-refractivity contribution in [1.29, 1.82) is 0 Å². The van der Waals surface area contributed by atoms with Crippen molar-refractivity contribution in [1.82, 2.24) is 4.57 Å². The van der Waals surface area contributed by atoms with E-state index in [1.807, 2.05) is 0 Å². The SMILES string of the molecule is Cc1c([C@H](CC2CCC2)C(=O)O)c2c(F)c(O)ccc2n1C(=O)c1ccc(Cl)c(Cl)c1. The second kappa shape index (κ2) is 8.17. The maximum absolute atomic E-state index is 15.1. The highest BCUT2D eigenvalue weighted by Crippen LogP contribution is 2.42. The Morgan fingerprint density at radius 1 is 1.19 bits per heavy atom. The van der Waals surface area contributed by atoms with Crippen molar-refractivity contribution in [2.24, 2.45) is 5.92 Å². The fraction of sp³-hybridized carbons (Fsp3) is 0.304. The van der Waals surface area contributed by atoms with E-state index in [0.717, 1.165) is 25.3 Å². The summed E-state index contributed by atoms with van der Waals surface area (Å²) in [6.07, 6.45) is 3.25. The first-order valence-electron chi connectivity index (χ1n) is 9.95. The van der Waals surface area contributed by atoms with Gasteiger partial charge in [0.15, 0.2) is 11.6 Å². The number of carboxylic acid groups (broad SMARTS) is 1. The number of aromatic hydroxyl groups is 1. The van der Waals surface area contributed by atoms with E-state index in [4.69, 9.17) is 23.2 Å². The Balaban J connectivity index is 1.95. The minimum Gasteiger partial charge on any atom is -0.505 e. The predicted molar refractivity (Wildman–Crippen MR) is 117 cm³/mol. The molecule has 2 aromatic carbocycles. The number of aliphatic carboxylic acids is 1. The first kappa shape index (κ1) is 21.7. The van der Waals surface area contributed by atoms with E-state index in [0.29, 0.717) is 12.1 Å². The Labute approximate surface area is 188 Å². The lowest BCUT2D eigenvalue weighted by atomic mass is 9.76. The molecule has 1 aliphatic rings. The number of aromatic nitrogens is 1. The summed E-state index contributed by atoms with van der Waals surface area (Å²) in [5.74, 6) is -3.86. The van der Waals surface area contributed by atoms with Gasteiger partial charge in [0.2, 0.25) is 0 Å². The molecular weight excluding hydrogens is 444 g/mol. The average molecular weight is 464 g/mol. The van der Waals surface area contributed by atoms with Crippen molar-refractivity contribution in [3.05, 3.63) is 63.0 Å². The van der Waals surface area contributed by atoms with Gasteiger partial charge in [0.05, 0.1) is 21.5 Å². The lowest BCUT2D eigenvalue weighted by Crippen LogP contribution is -2.21. The van der Waals surface area contributed by atoms with Crippen molar-refractivity contribution in [3.63, 3.8) is 0 Å². The summed E-state index contributed by atoms with van der Waals surface area (Å²) in [7, 11) is 0. The molecule has 0 aliphatic heterocycles. The van der Waals surface area contributed by atoms with Gasteiger partial charge in [-0.3, -0.25) is 14.2 Å². The van der Waals surface area contributed by atoms with Crippen molar-refractivity contribution in [3.8, 4) is 5.75 Å². The number of carbonyl (C=O) groups excluding carboxylic acids is 1. The Morgan fingerprint density at radius 2 is 1.90 bits per heavy atom. The van der Waals surface area contributed by atoms with Crippen molar-refractivity contribution in [2.75, 3.05) is 0 Å². The molecule has 1 fully saturated rings. The number of halogens is 3. The second-order valence-corrected chi connectivity index (χ2v) is 8.80. The first-order chi connectivity index (χ1) is 14.7. The molecule has 0 radical (unpaired) electrons. The number of hydrogen-bond acceptors (Lipinski definition) is 3. The van der Waals surface area contributed by atoms with Crippen LogP contribution in [0.2, 0.25) is 10.0 Å². The molecule has 8 heteroatoms. The van der Waals surface area contributed by atoms with Gasteiger partial charge in [0.1, 0.15) is 0 Å². The molecule has 1 saturated carbocycles. The number of phenolic OH excluding ortho intramolecular Hbond substituents is 1. The molecule has 0 saturated heterocycles. The summed E-state index contributed by atoms with van der Waals surface area (Å²) in [6, 6.07) is 6.98. The highest BCUT2D eigenvalue weighted by molar-refractivity contribution is 6.42. The van der Waals surface area contributed by atoms with Gasteiger partial charge in [-0.05, 0) is 55.2 Å². The van der Waals surface area contributed by atoms with Gasteiger partial charge >= 0.3 is 5.97 Å². The topological polar surface area (TPSA) is 79.5 Å². The van der Waals surface area contributed by atoms with E-state index >= 15 is 4.39 Å². The maximum atomic E-state index is 15.1. The molecule has 1 aliphatic carbocycles. The fourth-order valence-corrected chi connectivity index (χ4v) is 4.63. The van der Waals surface area contributed by atoms with Crippen molar-refractivity contribution >= 4 is 46.0 Å². The van der Waals surface area contributed by atoms with Crippen LogP contribution in [-0.4, -0.2) is 26.7 Å². The highest BCUT2D eigenvalue weighted by Gasteiger charge is 2.34. The molecule has 1 heterocycles. The van der Waals surface area contributed by atoms with Gasteiger partial charge in [-0.2, -0.15) is 0 Å². The van der Waals surface area contributed by atoms with Crippen LogP contribution in [0.25, 0.3) is 10.9 Å². The third kappa shape index (κ3) is 3.68. The number of hydrogen-bond donors (Lipinski definition) is 2. The minimum absolute atomic E-state index is 0.0439. The number of phenols is 1. The number of nitrogens with zero attached hydrogens (tertiary/aromatic N) is 1. The smallest absolute Gasteiger partial charge is 0.311 e. The molecule has 31 heavy (non-hydrogen) atoms. The number of carboxylic acids is 1. The number of carbonyl (C=O) groups is 2. The van der Waals surface area contributed by atoms with Crippen molar-refractivity contribution in [2.45, 2.75) is 38.5 Å². The molecular formula is C23H20Cl2FNO4. The van der Waals surface area contributed by atoms with Crippen LogP contribution in [-0.2, 0) is 4.79 Å². The van der Waals surface area contributed by atoms with Gasteiger partial charge in [0, 0.05) is 16.6 Å². The van der Waals surface area contributed by atoms with Crippen LogP contribution >= 0.6 is 23.2 Å². The summed E-state index contributed by atoms with van der Waals surface area (Å²) in [5, 5.41) is 20.4. The monoisotopic (exact) mass is 463 g/mol. The van der Waals surface area contributed by atoms with Gasteiger partial charge in [0.25, 0.3) is 5.91 Å². The van der Waals surface area contributed by atoms with Crippen LogP contribution in [0.1, 0.15) is 53.2 Å².